The summed E-state index contributed by atoms with van der Waals surface area (Å²) in [5.74, 6) is 0.458. The summed E-state index contributed by atoms with van der Waals surface area (Å²) in [6.07, 6.45) is 3.49. The molecular formula is C32H26N2O2S. The molecule has 0 aliphatic carbocycles. The third kappa shape index (κ3) is 3.86. The van der Waals surface area contributed by atoms with Gasteiger partial charge in [-0.2, -0.15) is 0 Å². The van der Waals surface area contributed by atoms with Crippen LogP contribution in [0.3, 0.4) is 0 Å². The summed E-state index contributed by atoms with van der Waals surface area (Å²) >= 11 is 0. The maximum atomic E-state index is 12.9. The molecule has 6 aromatic rings. The van der Waals surface area contributed by atoms with Gasteiger partial charge in [0.05, 0.1) is 4.90 Å². The van der Waals surface area contributed by atoms with Crippen LogP contribution in [0.5, 0.6) is 0 Å². The Balaban J connectivity index is 1.14. The Morgan fingerprint density at radius 2 is 1.41 bits per heavy atom. The molecule has 1 unspecified atom stereocenters. The minimum Gasteiger partial charge on any atom is -0.328 e. The second-order valence-electron chi connectivity index (χ2n) is 9.93. The first-order valence-corrected chi connectivity index (χ1v) is 13.9. The van der Waals surface area contributed by atoms with E-state index >= 15 is 0 Å². The Labute approximate surface area is 217 Å². The Bertz CT molecular complexity index is 1800. The molecule has 4 nitrogen and oxygen atoms in total. The number of benzene rings is 5. The van der Waals surface area contributed by atoms with Crippen LogP contribution < -0.4 is 5.56 Å². The molecule has 0 saturated carbocycles. The number of hydrogen-bond acceptors (Lipinski definition) is 2. The summed E-state index contributed by atoms with van der Waals surface area (Å²) in [6.45, 7) is 1.54. The average molecular weight is 503 g/mol. The van der Waals surface area contributed by atoms with E-state index in [4.69, 9.17) is 0 Å². The van der Waals surface area contributed by atoms with E-state index in [1.165, 1.54) is 55.1 Å². The molecule has 0 spiro atoms. The summed E-state index contributed by atoms with van der Waals surface area (Å²) < 4.78 is 14.9. The molecule has 0 amide bonds. The van der Waals surface area contributed by atoms with Crippen molar-refractivity contribution in [3.05, 3.63) is 113 Å². The second kappa shape index (κ2) is 8.94. The van der Waals surface area contributed by atoms with Gasteiger partial charge in [0, 0.05) is 25.4 Å². The summed E-state index contributed by atoms with van der Waals surface area (Å²) in [4.78, 5) is 14.6. The van der Waals surface area contributed by atoms with E-state index in [0.29, 0.717) is 10.8 Å². The van der Waals surface area contributed by atoms with Crippen molar-refractivity contribution >= 4 is 43.3 Å². The van der Waals surface area contributed by atoms with Gasteiger partial charge >= 0.3 is 0 Å². The number of nitrogens with zero attached hydrogens (tertiary/aromatic N) is 1. The quantitative estimate of drug-likeness (QED) is 0.268. The lowest BCUT2D eigenvalue weighted by Crippen LogP contribution is -2.34. The Morgan fingerprint density at radius 1 is 0.730 bits per heavy atom. The zero-order valence-corrected chi connectivity index (χ0v) is 21.1. The molecule has 2 heterocycles. The SMILES string of the molecule is O=c1ccc(S(=O)N2CCC(c3ccc(-c4ccc5ccc6cccc7ccc4c5c67)cc3)CC2)c[nH]1. The summed E-state index contributed by atoms with van der Waals surface area (Å²) in [7, 11) is -1.24. The highest BCUT2D eigenvalue weighted by atomic mass is 32.2. The Morgan fingerprint density at radius 3 is 2.11 bits per heavy atom. The minimum absolute atomic E-state index is 0.176. The average Bonchev–Trinajstić information content (AvgIpc) is 2.96. The number of aromatic amines is 1. The lowest BCUT2D eigenvalue weighted by Gasteiger charge is -2.31. The molecule has 5 aromatic carbocycles. The third-order valence-electron chi connectivity index (χ3n) is 7.87. The number of rotatable bonds is 4. The predicted molar refractivity (Wildman–Crippen MR) is 153 cm³/mol. The highest BCUT2D eigenvalue weighted by molar-refractivity contribution is 7.82. The van der Waals surface area contributed by atoms with Crippen molar-refractivity contribution in [2.45, 2.75) is 23.7 Å². The number of nitrogens with one attached hydrogen (secondary N) is 1. The van der Waals surface area contributed by atoms with Gasteiger partial charge in [-0.05, 0) is 73.8 Å². The lowest BCUT2D eigenvalue weighted by molar-refractivity contribution is 0.334. The first-order valence-electron chi connectivity index (χ1n) is 12.8. The smallest absolute Gasteiger partial charge is 0.247 e. The van der Waals surface area contributed by atoms with Crippen molar-refractivity contribution in [1.29, 1.82) is 0 Å². The molecule has 37 heavy (non-hydrogen) atoms. The highest BCUT2D eigenvalue weighted by Crippen LogP contribution is 2.39. The van der Waals surface area contributed by atoms with Gasteiger partial charge in [-0.25, -0.2) is 8.51 Å². The van der Waals surface area contributed by atoms with E-state index in [0.717, 1.165) is 25.9 Å². The van der Waals surface area contributed by atoms with Crippen LogP contribution in [0.15, 0.2) is 107 Å². The highest BCUT2D eigenvalue weighted by Gasteiger charge is 2.25. The summed E-state index contributed by atoms with van der Waals surface area (Å²) in [5, 5.41) is 7.85. The first-order chi connectivity index (χ1) is 18.2. The maximum Gasteiger partial charge on any atom is 0.247 e. The van der Waals surface area contributed by atoms with Gasteiger partial charge in [0.1, 0.15) is 11.0 Å². The summed E-state index contributed by atoms with van der Waals surface area (Å²) in [5.41, 5.74) is 3.67. The van der Waals surface area contributed by atoms with Crippen LogP contribution in [0, 0.1) is 0 Å². The predicted octanol–water partition coefficient (Wildman–Crippen LogP) is 6.84. The third-order valence-corrected chi connectivity index (χ3v) is 9.36. The standard InChI is InChI=1S/C32H26N2O2S/c35-30-15-12-27(20-33-30)37(36)34-18-16-22(17-19-34)21-4-6-23(7-5-21)28-13-10-26-9-8-24-2-1-3-25-11-14-29(28)32(26)31(24)25/h1-15,20,22H,16-19H2,(H,33,35). The van der Waals surface area contributed by atoms with Crippen molar-refractivity contribution in [3.8, 4) is 11.1 Å². The van der Waals surface area contributed by atoms with Gasteiger partial charge in [-0.15, -0.1) is 0 Å². The van der Waals surface area contributed by atoms with Crippen molar-refractivity contribution < 1.29 is 4.21 Å². The molecule has 1 fully saturated rings. The van der Waals surface area contributed by atoms with Crippen molar-refractivity contribution in [2.75, 3.05) is 13.1 Å². The molecule has 1 saturated heterocycles. The van der Waals surface area contributed by atoms with Gasteiger partial charge in [-0.3, -0.25) is 4.79 Å². The number of piperidine rings is 1. The van der Waals surface area contributed by atoms with E-state index in [9.17, 15) is 9.00 Å². The van der Waals surface area contributed by atoms with Crippen LogP contribution >= 0.6 is 0 Å². The van der Waals surface area contributed by atoms with Crippen LogP contribution in [-0.4, -0.2) is 26.6 Å². The molecule has 182 valence electrons. The van der Waals surface area contributed by atoms with Crippen LogP contribution in [0.1, 0.15) is 24.3 Å². The number of pyridine rings is 1. The van der Waals surface area contributed by atoms with E-state index in [1.807, 2.05) is 4.31 Å². The van der Waals surface area contributed by atoms with E-state index in [2.05, 4.69) is 83.8 Å². The topological polar surface area (TPSA) is 53.2 Å². The van der Waals surface area contributed by atoms with Crippen LogP contribution in [0.25, 0.3) is 43.4 Å². The van der Waals surface area contributed by atoms with E-state index in [-0.39, 0.29) is 5.56 Å². The van der Waals surface area contributed by atoms with Crippen LogP contribution in [-0.2, 0) is 11.0 Å². The van der Waals surface area contributed by atoms with Gasteiger partial charge in [0.25, 0.3) is 0 Å². The second-order valence-corrected chi connectivity index (χ2v) is 11.4. The number of aromatic nitrogens is 1. The fraction of sp³-hybridized carbons (Fsp3) is 0.156. The Kier molecular flexibility index (Phi) is 5.41. The molecule has 1 atom stereocenters. The largest absolute Gasteiger partial charge is 0.328 e. The lowest BCUT2D eigenvalue weighted by atomic mass is 9.87. The van der Waals surface area contributed by atoms with Crippen LogP contribution in [0.4, 0.5) is 0 Å². The van der Waals surface area contributed by atoms with Crippen molar-refractivity contribution in [1.82, 2.24) is 9.29 Å². The van der Waals surface area contributed by atoms with Gasteiger partial charge in [0.15, 0.2) is 0 Å². The van der Waals surface area contributed by atoms with Crippen LogP contribution in [0.2, 0.25) is 0 Å². The fourth-order valence-corrected chi connectivity index (χ4v) is 7.12. The normalized spacial score (nSPS) is 16.1. The molecular weight excluding hydrogens is 476 g/mol. The Hall–Kier alpha value is -3.80. The molecule has 7 rings (SSSR count). The van der Waals surface area contributed by atoms with Gasteiger partial charge in [-0.1, -0.05) is 78.9 Å². The van der Waals surface area contributed by atoms with E-state index < -0.39 is 11.0 Å². The molecule has 1 aromatic heterocycles. The monoisotopic (exact) mass is 502 g/mol. The van der Waals surface area contributed by atoms with Gasteiger partial charge in [0.2, 0.25) is 5.56 Å². The molecule has 1 aliphatic rings. The maximum absolute atomic E-state index is 12.9. The first kappa shape index (κ1) is 22.4. The minimum atomic E-state index is -1.24. The molecule has 5 heteroatoms. The van der Waals surface area contributed by atoms with Crippen molar-refractivity contribution in [2.24, 2.45) is 0 Å². The van der Waals surface area contributed by atoms with Gasteiger partial charge < -0.3 is 4.98 Å². The molecule has 0 radical (unpaired) electrons. The summed E-state index contributed by atoms with van der Waals surface area (Å²) in [6, 6.07) is 32.1. The molecule has 1 aliphatic heterocycles. The zero-order chi connectivity index (χ0) is 24.9. The number of H-pyrrole nitrogens is 1. The van der Waals surface area contributed by atoms with E-state index in [1.54, 1.807) is 12.3 Å². The fourth-order valence-electron chi connectivity index (χ4n) is 5.93. The zero-order valence-electron chi connectivity index (χ0n) is 20.3. The number of hydrogen-bond donors (Lipinski definition) is 1. The molecule has 0 bridgehead atoms. The molecule has 1 N–H and O–H groups in total. The van der Waals surface area contributed by atoms with Crippen molar-refractivity contribution in [3.63, 3.8) is 0 Å².